The van der Waals surface area contributed by atoms with Gasteiger partial charge in [0.05, 0.1) is 11.7 Å². The minimum absolute atomic E-state index is 0.0953. The van der Waals surface area contributed by atoms with Crippen molar-refractivity contribution in [3.8, 4) is 5.75 Å². The topological polar surface area (TPSA) is 29.5 Å². The summed E-state index contributed by atoms with van der Waals surface area (Å²) in [5, 5.41) is 9.36. The molecule has 0 aliphatic rings. The highest BCUT2D eigenvalue weighted by Gasteiger charge is 2.09. The lowest BCUT2D eigenvalue weighted by molar-refractivity contribution is 0.199. The van der Waals surface area contributed by atoms with Crippen molar-refractivity contribution in [2.45, 2.75) is 19.6 Å². The molecule has 2 rings (SSSR count). The second-order valence-corrected chi connectivity index (χ2v) is 4.23. The summed E-state index contributed by atoms with van der Waals surface area (Å²) in [6.07, 6.45) is -0.557. The summed E-state index contributed by atoms with van der Waals surface area (Å²) in [4.78, 5) is 0. The van der Waals surface area contributed by atoms with Crippen LogP contribution < -0.4 is 4.74 Å². The zero-order valence-corrected chi connectivity index (χ0v) is 10.4. The molecule has 1 atom stereocenters. The summed E-state index contributed by atoms with van der Waals surface area (Å²) in [6.45, 7) is 1.48. The number of hydrogen-bond acceptors (Lipinski definition) is 2. The minimum Gasteiger partial charge on any atom is -0.489 e. The van der Waals surface area contributed by atoms with Gasteiger partial charge in [0.1, 0.15) is 24.0 Å². The monoisotopic (exact) mass is 264 g/mol. The van der Waals surface area contributed by atoms with Crippen LogP contribution in [0.2, 0.25) is 0 Å². The van der Waals surface area contributed by atoms with E-state index in [4.69, 9.17) is 4.74 Å². The summed E-state index contributed by atoms with van der Waals surface area (Å²) < 4.78 is 32.1. The van der Waals surface area contributed by atoms with Crippen molar-refractivity contribution in [2.24, 2.45) is 0 Å². The molecule has 0 bridgehead atoms. The molecular weight excluding hydrogens is 250 g/mol. The van der Waals surface area contributed by atoms with Gasteiger partial charge in [0.25, 0.3) is 0 Å². The van der Waals surface area contributed by atoms with Crippen LogP contribution in [0.25, 0.3) is 0 Å². The van der Waals surface area contributed by atoms with Crippen molar-refractivity contribution in [2.75, 3.05) is 0 Å². The Labute approximate surface area is 110 Å². The first-order chi connectivity index (χ1) is 9.08. The fraction of sp³-hybridized carbons (Fsp3) is 0.200. The van der Waals surface area contributed by atoms with Crippen LogP contribution in [0.4, 0.5) is 8.78 Å². The van der Waals surface area contributed by atoms with Crippen molar-refractivity contribution in [1.82, 2.24) is 0 Å². The van der Waals surface area contributed by atoms with Crippen molar-refractivity contribution >= 4 is 0 Å². The zero-order chi connectivity index (χ0) is 13.8. The highest BCUT2D eigenvalue weighted by atomic mass is 19.1. The second kappa shape index (κ2) is 5.80. The van der Waals surface area contributed by atoms with E-state index in [1.165, 1.54) is 18.2 Å². The van der Waals surface area contributed by atoms with Gasteiger partial charge in [-0.05, 0) is 36.8 Å². The van der Waals surface area contributed by atoms with E-state index in [1.54, 1.807) is 31.2 Å². The van der Waals surface area contributed by atoms with E-state index in [9.17, 15) is 13.9 Å². The van der Waals surface area contributed by atoms with Gasteiger partial charge in [-0.3, -0.25) is 0 Å². The molecule has 100 valence electrons. The van der Waals surface area contributed by atoms with Crippen LogP contribution in [-0.4, -0.2) is 5.11 Å². The van der Waals surface area contributed by atoms with Crippen LogP contribution >= 0.6 is 0 Å². The molecule has 0 aliphatic carbocycles. The van der Waals surface area contributed by atoms with Crippen LogP contribution in [-0.2, 0) is 6.61 Å². The number of rotatable bonds is 4. The number of benzene rings is 2. The Kier molecular flexibility index (Phi) is 4.12. The number of aliphatic hydroxyl groups is 1. The zero-order valence-electron chi connectivity index (χ0n) is 10.4. The van der Waals surface area contributed by atoms with E-state index in [1.807, 2.05) is 0 Å². The first-order valence-electron chi connectivity index (χ1n) is 5.91. The van der Waals surface area contributed by atoms with E-state index in [0.29, 0.717) is 5.75 Å². The number of ether oxygens (including phenoxy) is 1. The normalized spacial score (nSPS) is 12.2. The predicted molar refractivity (Wildman–Crippen MR) is 67.8 cm³/mol. The van der Waals surface area contributed by atoms with Gasteiger partial charge in [-0.1, -0.05) is 18.2 Å². The molecule has 2 aromatic carbocycles. The van der Waals surface area contributed by atoms with Gasteiger partial charge in [-0.2, -0.15) is 0 Å². The van der Waals surface area contributed by atoms with Crippen LogP contribution in [0.1, 0.15) is 24.2 Å². The standard InChI is InChI=1S/C15H14F2O2/c1-10(18)11-5-7-12(8-6-11)19-9-13-14(16)3-2-4-15(13)17/h2-8,10,18H,9H2,1H3. The molecule has 4 heteroatoms. The number of halogens is 2. The Balaban J connectivity index is 2.06. The lowest BCUT2D eigenvalue weighted by Crippen LogP contribution is -2.02. The molecule has 0 amide bonds. The quantitative estimate of drug-likeness (QED) is 0.914. The average Bonchev–Trinajstić information content (AvgIpc) is 2.38. The average molecular weight is 264 g/mol. The lowest BCUT2D eigenvalue weighted by Gasteiger charge is -2.09. The van der Waals surface area contributed by atoms with Gasteiger partial charge in [0.2, 0.25) is 0 Å². The van der Waals surface area contributed by atoms with Crippen molar-refractivity contribution < 1.29 is 18.6 Å². The fourth-order valence-electron chi connectivity index (χ4n) is 1.67. The Morgan fingerprint density at radius 2 is 1.63 bits per heavy atom. The molecular formula is C15H14F2O2. The van der Waals surface area contributed by atoms with Gasteiger partial charge in [-0.15, -0.1) is 0 Å². The third-order valence-corrected chi connectivity index (χ3v) is 2.81. The van der Waals surface area contributed by atoms with Crippen LogP contribution in [0.5, 0.6) is 5.75 Å². The third-order valence-electron chi connectivity index (χ3n) is 2.81. The summed E-state index contributed by atoms with van der Waals surface area (Å²) in [7, 11) is 0. The molecule has 0 fully saturated rings. The lowest BCUT2D eigenvalue weighted by atomic mass is 10.1. The summed E-state index contributed by atoms with van der Waals surface area (Å²) in [6, 6.07) is 10.4. The number of hydrogen-bond donors (Lipinski definition) is 1. The van der Waals surface area contributed by atoms with E-state index in [2.05, 4.69) is 0 Å². The number of aliphatic hydroxyl groups excluding tert-OH is 1. The molecule has 0 saturated carbocycles. The smallest absolute Gasteiger partial charge is 0.132 e. The third kappa shape index (κ3) is 3.29. The first-order valence-corrected chi connectivity index (χ1v) is 5.91. The van der Waals surface area contributed by atoms with Crippen LogP contribution in [0.15, 0.2) is 42.5 Å². The predicted octanol–water partition coefficient (Wildman–Crippen LogP) is 3.60. The molecule has 19 heavy (non-hydrogen) atoms. The van der Waals surface area contributed by atoms with Crippen LogP contribution in [0, 0.1) is 11.6 Å². The Bertz CT molecular complexity index is 530. The molecule has 1 unspecified atom stereocenters. The fourth-order valence-corrected chi connectivity index (χ4v) is 1.67. The van der Waals surface area contributed by atoms with E-state index >= 15 is 0 Å². The molecule has 1 N–H and O–H groups in total. The van der Waals surface area contributed by atoms with Crippen LogP contribution in [0.3, 0.4) is 0 Å². The van der Waals surface area contributed by atoms with Crippen molar-refractivity contribution in [3.05, 3.63) is 65.2 Å². The Hall–Kier alpha value is -1.94. The highest BCUT2D eigenvalue weighted by molar-refractivity contribution is 5.29. The Morgan fingerprint density at radius 3 is 2.16 bits per heavy atom. The maximum Gasteiger partial charge on any atom is 0.132 e. The molecule has 2 nitrogen and oxygen atoms in total. The first kappa shape index (κ1) is 13.5. The molecule has 0 spiro atoms. The minimum atomic E-state index is -0.624. The molecule has 0 radical (unpaired) electrons. The molecule has 0 aliphatic heterocycles. The maximum absolute atomic E-state index is 13.4. The molecule has 0 aromatic heterocycles. The van der Waals surface area contributed by atoms with E-state index < -0.39 is 17.7 Å². The SMILES string of the molecule is CC(O)c1ccc(OCc2c(F)cccc2F)cc1. The van der Waals surface area contributed by atoms with Gasteiger partial charge < -0.3 is 9.84 Å². The molecule has 2 aromatic rings. The van der Waals surface area contributed by atoms with E-state index in [-0.39, 0.29) is 12.2 Å². The Morgan fingerprint density at radius 1 is 1.05 bits per heavy atom. The van der Waals surface area contributed by atoms with Gasteiger partial charge in [-0.25, -0.2) is 8.78 Å². The molecule has 0 heterocycles. The summed E-state index contributed by atoms with van der Waals surface area (Å²) in [5.74, 6) is -0.756. The maximum atomic E-state index is 13.4. The molecule has 0 saturated heterocycles. The second-order valence-electron chi connectivity index (χ2n) is 4.23. The summed E-state index contributed by atoms with van der Waals surface area (Å²) in [5.41, 5.74) is 0.659. The summed E-state index contributed by atoms with van der Waals surface area (Å²) >= 11 is 0. The van der Waals surface area contributed by atoms with Gasteiger partial charge in [0.15, 0.2) is 0 Å². The van der Waals surface area contributed by atoms with Crippen molar-refractivity contribution in [1.29, 1.82) is 0 Å². The highest BCUT2D eigenvalue weighted by Crippen LogP contribution is 2.19. The van der Waals surface area contributed by atoms with Gasteiger partial charge >= 0.3 is 0 Å². The van der Waals surface area contributed by atoms with Crippen molar-refractivity contribution in [3.63, 3.8) is 0 Å². The van der Waals surface area contributed by atoms with E-state index in [0.717, 1.165) is 5.56 Å². The largest absolute Gasteiger partial charge is 0.489 e. The van der Waals surface area contributed by atoms with Gasteiger partial charge in [0, 0.05) is 0 Å².